The fraction of sp³-hybridized carbons (Fsp3) is 0.273. The Hall–Kier alpha value is -0.720. The van der Waals surface area contributed by atoms with Gasteiger partial charge in [0.25, 0.3) is 0 Å². The summed E-state index contributed by atoms with van der Waals surface area (Å²) in [4.78, 5) is 1.26. The molecule has 0 fully saturated rings. The fourth-order valence-electron chi connectivity index (χ4n) is 1.79. The first-order valence-electron chi connectivity index (χ1n) is 4.66. The van der Waals surface area contributed by atoms with E-state index in [1.54, 1.807) is 0 Å². The summed E-state index contributed by atoms with van der Waals surface area (Å²) in [5.41, 5.74) is 2.21. The predicted octanol–water partition coefficient (Wildman–Crippen LogP) is 3.64. The Kier molecular flexibility index (Phi) is 2.90. The van der Waals surface area contributed by atoms with Gasteiger partial charge >= 0.3 is 6.18 Å². The maximum Gasteiger partial charge on any atom is 0.405 e. The van der Waals surface area contributed by atoms with Gasteiger partial charge in [-0.1, -0.05) is 12.6 Å². The third-order valence-electron chi connectivity index (χ3n) is 2.50. The van der Waals surface area contributed by atoms with Gasteiger partial charge in [0.05, 0.1) is 0 Å². The maximum atomic E-state index is 12.3. The number of nitrogens with zero attached hydrogens (tertiary/aromatic N) is 1. The number of halogens is 4. The minimum Gasteiger partial charge on any atom is -0.358 e. The topological polar surface area (TPSA) is 3.24 Å². The third kappa shape index (κ3) is 2.34. The van der Waals surface area contributed by atoms with E-state index in [1.807, 2.05) is 18.2 Å². The molecule has 1 aromatic rings. The van der Waals surface area contributed by atoms with E-state index in [9.17, 15) is 13.2 Å². The lowest BCUT2D eigenvalue weighted by Gasteiger charge is -2.20. The van der Waals surface area contributed by atoms with E-state index < -0.39 is 12.7 Å². The molecule has 0 bridgehead atoms. The Balaban J connectivity index is 2.25. The summed E-state index contributed by atoms with van der Waals surface area (Å²) in [5, 5.41) is 0. The average molecular weight is 339 g/mol. The van der Waals surface area contributed by atoms with E-state index in [2.05, 4.69) is 29.2 Å². The molecule has 1 nitrogen and oxygen atoms in total. The molecule has 0 spiro atoms. The Morgan fingerprint density at radius 1 is 1.38 bits per heavy atom. The van der Waals surface area contributed by atoms with Crippen LogP contribution >= 0.6 is 22.6 Å². The van der Waals surface area contributed by atoms with Crippen molar-refractivity contribution in [2.45, 2.75) is 12.7 Å². The molecule has 1 aliphatic heterocycles. The van der Waals surface area contributed by atoms with Gasteiger partial charge in [0.15, 0.2) is 0 Å². The molecule has 0 saturated carbocycles. The van der Waals surface area contributed by atoms with Gasteiger partial charge in [-0.15, -0.1) is 0 Å². The van der Waals surface area contributed by atoms with E-state index in [1.165, 1.54) is 4.90 Å². The van der Waals surface area contributed by atoms with Crippen LogP contribution in [0.4, 0.5) is 13.2 Å². The quantitative estimate of drug-likeness (QED) is 0.706. The molecular weight excluding hydrogens is 330 g/mol. The van der Waals surface area contributed by atoms with Gasteiger partial charge < -0.3 is 4.90 Å². The van der Waals surface area contributed by atoms with Crippen LogP contribution in [-0.4, -0.2) is 17.6 Å². The second-order valence-corrected chi connectivity index (χ2v) is 4.97. The normalized spacial score (nSPS) is 15.5. The van der Waals surface area contributed by atoms with Crippen LogP contribution in [0.3, 0.4) is 0 Å². The molecule has 16 heavy (non-hydrogen) atoms. The molecule has 0 aromatic heterocycles. The van der Waals surface area contributed by atoms with Crippen LogP contribution in [0.15, 0.2) is 24.8 Å². The minimum atomic E-state index is -4.18. The second kappa shape index (κ2) is 3.94. The Labute approximate surface area is 105 Å². The van der Waals surface area contributed by atoms with Gasteiger partial charge in [-0.3, -0.25) is 0 Å². The van der Waals surface area contributed by atoms with Crippen molar-refractivity contribution in [3.05, 3.63) is 39.5 Å². The van der Waals surface area contributed by atoms with E-state index >= 15 is 0 Å². The van der Waals surface area contributed by atoms with Gasteiger partial charge in [-0.25, -0.2) is 0 Å². The van der Waals surface area contributed by atoms with Gasteiger partial charge in [-0.2, -0.15) is 13.2 Å². The van der Waals surface area contributed by atoms with Crippen molar-refractivity contribution >= 4 is 28.3 Å². The molecule has 5 heteroatoms. The van der Waals surface area contributed by atoms with Crippen LogP contribution in [-0.2, 0) is 6.54 Å². The number of fused-ring (bicyclic) bond motifs is 1. The molecule has 1 heterocycles. The summed E-state index contributed by atoms with van der Waals surface area (Å²) >= 11 is 2.14. The molecular formula is C11H9F3IN. The molecule has 1 aliphatic rings. The zero-order valence-corrected chi connectivity index (χ0v) is 10.5. The van der Waals surface area contributed by atoms with Gasteiger partial charge in [0, 0.05) is 21.4 Å². The van der Waals surface area contributed by atoms with Crippen molar-refractivity contribution in [1.29, 1.82) is 0 Å². The summed E-state index contributed by atoms with van der Waals surface area (Å²) in [6.45, 7) is 3.09. The van der Waals surface area contributed by atoms with Crippen LogP contribution < -0.4 is 0 Å². The number of hydrogen-bond donors (Lipinski definition) is 0. The highest BCUT2D eigenvalue weighted by atomic mass is 127. The lowest BCUT2D eigenvalue weighted by molar-refractivity contribution is -0.139. The predicted molar refractivity (Wildman–Crippen MR) is 64.7 cm³/mol. The molecule has 1 aromatic carbocycles. The molecule has 0 unspecified atom stereocenters. The van der Waals surface area contributed by atoms with Crippen molar-refractivity contribution < 1.29 is 13.2 Å². The molecule has 86 valence electrons. The van der Waals surface area contributed by atoms with E-state index in [0.29, 0.717) is 12.2 Å². The van der Waals surface area contributed by atoms with Gasteiger partial charge in [-0.05, 0) is 40.3 Å². The van der Waals surface area contributed by atoms with Crippen molar-refractivity contribution in [2.75, 3.05) is 6.54 Å². The number of rotatable bonds is 1. The molecule has 0 N–H and O–H groups in total. The lowest BCUT2D eigenvalue weighted by Crippen LogP contribution is -2.29. The second-order valence-electron chi connectivity index (χ2n) is 3.72. The van der Waals surface area contributed by atoms with Crippen LogP contribution in [0.25, 0.3) is 5.70 Å². The average Bonchev–Trinajstić information content (AvgIpc) is 2.42. The summed E-state index contributed by atoms with van der Waals surface area (Å²) in [6.07, 6.45) is -4.18. The van der Waals surface area contributed by atoms with Crippen molar-refractivity contribution in [2.24, 2.45) is 0 Å². The van der Waals surface area contributed by atoms with Gasteiger partial charge in [0.1, 0.15) is 6.54 Å². The Morgan fingerprint density at radius 3 is 2.69 bits per heavy atom. The molecule has 0 saturated heterocycles. The highest BCUT2D eigenvalue weighted by molar-refractivity contribution is 14.1. The number of benzene rings is 1. The van der Waals surface area contributed by atoms with Gasteiger partial charge in [0.2, 0.25) is 0 Å². The number of hydrogen-bond acceptors (Lipinski definition) is 1. The smallest absolute Gasteiger partial charge is 0.358 e. The molecule has 0 atom stereocenters. The first-order chi connectivity index (χ1) is 7.37. The SMILES string of the molecule is C=C1c2cc(I)ccc2CN1CC(F)(F)F. The largest absolute Gasteiger partial charge is 0.405 e. The molecule has 0 aliphatic carbocycles. The molecule has 0 radical (unpaired) electrons. The van der Waals surface area contributed by atoms with Crippen LogP contribution in [0.2, 0.25) is 0 Å². The zero-order valence-electron chi connectivity index (χ0n) is 8.31. The number of alkyl halides is 3. The first kappa shape index (κ1) is 11.8. The Bertz CT molecular complexity index is 439. The van der Waals surface area contributed by atoms with Crippen LogP contribution in [0, 0.1) is 3.57 Å². The maximum absolute atomic E-state index is 12.3. The van der Waals surface area contributed by atoms with Crippen LogP contribution in [0.1, 0.15) is 11.1 Å². The van der Waals surface area contributed by atoms with Crippen LogP contribution in [0.5, 0.6) is 0 Å². The fourth-order valence-corrected chi connectivity index (χ4v) is 2.29. The highest BCUT2D eigenvalue weighted by Crippen LogP contribution is 2.34. The lowest BCUT2D eigenvalue weighted by atomic mass is 10.1. The standard InChI is InChI=1S/C11H9F3IN/c1-7-10-4-9(15)3-2-8(10)5-16(7)6-11(12,13)14/h2-4H,1,5-6H2. The minimum absolute atomic E-state index is 0.296. The Morgan fingerprint density at radius 2 is 2.06 bits per heavy atom. The van der Waals surface area contributed by atoms with Crippen molar-refractivity contribution in [3.8, 4) is 0 Å². The monoisotopic (exact) mass is 339 g/mol. The zero-order chi connectivity index (χ0) is 11.9. The van der Waals surface area contributed by atoms with E-state index in [0.717, 1.165) is 14.7 Å². The first-order valence-corrected chi connectivity index (χ1v) is 5.74. The van der Waals surface area contributed by atoms with E-state index in [-0.39, 0.29) is 0 Å². The summed E-state index contributed by atoms with van der Waals surface area (Å²) in [5.74, 6) is 0. The summed E-state index contributed by atoms with van der Waals surface area (Å²) < 4.78 is 37.9. The van der Waals surface area contributed by atoms with Crippen molar-refractivity contribution in [1.82, 2.24) is 4.90 Å². The molecule has 0 amide bonds. The summed E-state index contributed by atoms with van der Waals surface area (Å²) in [6, 6.07) is 5.62. The van der Waals surface area contributed by atoms with Crippen molar-refractivity contribution in [3.63, 3.8) is 0 Å². The summed E-state index contributed by atoms with van der Waals surface area (Å²) in [7, 11) is 0. The highest BCUT2D eigenvalue weighted by Gasteiger charge is 2.34. The molecule has 2 rings (SSSR count). The third-order valence-corrected chi connectivity index (χ3v) is 3.17. The van der Waals surface area contributed by atoms with E-state index in [4.69, 9.17) is 0 Å².